The van der Waals surface area contributed by atoms with Gasteiger partial charge in [-0.2, -0.15) is 0 Å². The first kappa shape index (κ1) is 25.5. The lowest BCUT2D eigenvalue weighted by Gasteiger charge is -2.30. The Labute approximate surface area is 197 Å². The van der Waals surface area contributed by atoms with Crippen LogP contribution in [0.3, 0.4) is 0 Å². The number of rotatable bonds is 8. The number of hydrogen-bond donors (Lipinski definition) is 2. The van der Waals surface area contributed by atoms with Crippen molar-refractivity contribution in [2.45, 2.75) is 69.2 Å². The number of hydrogen-bond acceptors (Lipinski definition) is 5. The van der Waals surface area contributed by atoms with Crippen LogP contribution in [0.4, 0.5) is 0 Å². The molecule has 1 aliphatic heterocycles. The zero-order valence-corrected chi connectivity index (χ0v) is 20.5. The first-order chi connectivity index (χ1) is 15.8. The summed E-state index contributed by atoms with van der Waals surface area (Å²) < 4.78 is 32.8. The van der Waals surface area contributed by atoms with Crippen molar-refractivity contribution in [3.8, 4) is 5.75 Å². The maximum atomic E-state index is 12.7. The molecule has 2 amide bonds. The molecule has 33 heavy (non-hydrogen) atoms. The van der Waals surface area contributed by atoms with E-state index in [9.17, 15) is 18.0 Å². The summed E-state index contributed by atoms with van der Waals surface area (Å²) in [5, 5.41) is 2.92. The summed E-state index contributed by atoms with van der Waals surface area (Å²) in [6.45, 7) is 3.67. The minimum atomic E-state index is -3.58. The number of likely N-dealkylation sites (tertiary alicyclic amines) is 1. The van der Waals surface area contributed by atoms with Gasteiger partial charge in [-0.15, -0.1) is 0 Å². The van der Waals surface area contributed by atoms with E-state index in [-0.39, 0.29) is 28.5 Å². The van der Waals surface area contributed by atoms with Crippen LogP contribution in [0, 0.1) is 11.8 Å². The monoisotopic (exact) mass is 479 g/mol. The Bertz CT molecular complexity index is 887. The highest BCUT2D eigenvalue weighted by molar-refractivity contribution is 7.89. The molecule has 0 unspecified atom stereocenters. The Kier molecular flexibility index (Phi) is 9.14. The van der Waals surface area contributed by atoms with Crippen LogP contribution in [0.15, 0.2) is 29.2 Å². The second-order valence-electron chi connectivity index (χ2n) is 9.21. The maximum absolute atomic E-state index is 12.7. The molecule has 2 N–H and O–H groups in total. The number of carbonyl (C=O) groups is 2. The van der Waals surface area contributed by atoms with Gasteiger partial charge in [-0.3, -0.25) is 9.59 Å². The summed E-state index contributed by atoms with van der Waals surface area (Å²) in [5.41, 5.74) is 0. The Morgan fingerprint density at radius 3 is 2.21 bits per heavy atom. The standard InChI is InChI=1S/C24H37N3O5S/c1-18(24(29)27-15-5-3-4-6-16-27)26-23(28)20-9-7-19(8-10-20)17-25-33(30,31)22-13-11-21(32-2)12-14-22/h11-14,18-20,25H,3-10,15-17H2,1-2H3,(H,26,28)/t18-,19?,20?/m1/s1. The molecular formula is C24H37N3O5S. The lowest BCUT2D eigenvalue weighted by atomic mass is 9.81. The van der Waals surface area contributed by atoms with E-state index in [1.165, 1.54) is 19.2 Å². The highest BCUT2D eigenvalue weighted by Gasteiger charge is 2.30. The zero-order chi connectivity index (χ0) is 23.8. The molecule has 8 nitrogen and oxygen atoms in total. The minimum Gasteiger partial charge on any atom is -0.497 e. The van der Waals surface area contributed by atoms with Crippen molar-refractivity contribution in [2.24, 2.45) is 11.8 Å². The first-order valence-corrected chi connectivity index (χ1v) is 13.5. The number of sulfonamides is 1. The van der Waals surface area contributed by atoms with Crippen LogP contribution < -0.4 is 14.8 Å². The quantitative estimate of drug-likeness (QED) is 0.597. The Morgan fingerprint density at radius 1 is 1.03 bits per heavy atom. The summed E-state index contributed by atoms with van der Waals surface area (Å²) in [4.78, 5) is 27.5. The highest BCUT2D eigenvalue weighted by atomic mass is 32.2. The number of amides is 2. The summed E-state index contributed by atoms with van der Waals surface area (Å²) >= 11 is 0. The molecule has 2 aliphatic rings. The van der Waals surface area contributed by atoms with E-state index in [1.807, 2.05) is 4.90 Å². The van der Waals surface area contributed by atoms with Gasteiger partial charge in [0.05, 0.1) is 12.0 Å². The summed E-state index contributed by atoms with van der Waals surface area (Å²) in [7, 11) is -2.05. The van der Waals surface area contributed by atoms with Gasteiger partial charge in [0, 0.05) is 25.6 Å². The van der Waals surface area contributed by atoms with E-state index in [0.717, 1.165) is 51.6 Å². The van der Waals surface area contributed by atoms with Crippen LogP contribution in [0.2, 0.25) is 0 Å². The molecule has 0 bridgehead atoms. The van der Waals surface area contributed by atoms with Gasteiger partial charge in [0.25, 0.3) is 0 Å². The SMILES string of the molecule is COc1ccc(S(=O)(=O)NCC2CCC(C(=O)N[C@H](C)C(=O)N3CCCCCC3)CC2)cc1. The molecule has 1 heterocycles. The fourth-order valence-electron chi connectivity index (χ4n) is 4.65. The molecular weight excluding hydrogens is 442 g/mol. The van der Waals surface area contributed by atoms with Crippen molar-refractivity contribution in [3.63, 3.8) is 0 Å². The molecule has 3 rings (SSSR count). The summed E-state index contributed by atoms with van der Waals surface area (Å²) in [6, 6.07) is 5.78. The first-order valence-electron chi connectivity index (χ1n) is 12.0. The molecule has 1 saturated carbocycles. The normalized spacial score (nSPS) is 22.8. The number of methoxy groups -OCH3 is 1. The molecule has 0 spiro atoms. The molecule has 184 valence electrons. The minimum absolute atomic E-state index is 0.00637. The molecule has 1 atom stereocenters. The van der Waals surface area contributed by atoms with Crippen LogP contribution in [0.25, 0.3) is 0 Å². The van der Waals surface area contributed by atoms with Crippen LogP contribution in [-0.4, -0.2) is 57.9 Å². The van der Waals surface area contributed by atoms with E-state index in [0.29, 0.717) is 25.1 Å². The molecule has 0 radical (unpaired) electrons. The van der Waals surface area contributed by atoms with Gasteiger partial charge in [0.2, 0.25) is 21.8 Å². The predicted octanol–water partition coefficient (Wildman–Crippen LogP) is 2.69. The average Bonchev–Trinajstić information content (AvgIpc) is 3.12. The van der Waals surface area contributed by atoms with Gasteiger partial charge in [-0.05, 0) is 75.6 Å². The second-order valence-corrected chi connectivity index (χ2v) is 11.0. The molecule has 1 aliphatic carbocycles. The third kappa shape index (κ3) is 7.17. The average molecular weight is 480 g/mol. The number of nitrogens with one attached hydrogen (secondary N) is 2. The fraction of sp³-hybridized carbons (Fsp3) is 0.667. The third-order valence-electron chi connectivity index (χ3n) is 6.80. The topological polar surface area (TPSA) is 105 Å². The van der Waals surface area contributed by atoms with Crippen molar-refractivity contribution in [1.29, 1.82) is 0 Å². The number of carbonyl (C=O) groups excluding carboxylic acids is 2. The fourth-order valence-corrected chi connectivity index (χ4v) is 5.77. The number of nitrogens with zero attached hydrogens (tertiary/aromatic N) is 1. The van der Waals surface area contributed by atoms with Gasteiger partial charge in [0.15, 0.2) is 0 Å². The van der Waals surface area contributed by atoms with Gasteiger partial charge in [-0.1, -0.05) is 12.8 Å². The predicted molar refractivity (Wildman–Crippen MR) is 126 cm³/mol. The van der Waals surface area contributed by atoms with Crippen molar-refractivity contribution in [3.05, 3.63) is 24.3 Å². The molecule has 9 heteroatoms. The van der Waals surface area contributed by atoms with E-state index in [2.05, 4.69) is 10.0 Å². The lowest BCUT2D eigenvalue weighted by Crippen LogP contribution is -2.49. The highest BCUT2D eigenvalue weighted by Crippen LogP contribution is 2.29. The van der Waals surface area contributed by atoms with E-state index >= 15 is 0 Å². The van der Waals surface area contributed by atoms with Gasteiger partial charge in [0.1, 0.15) is 11.8 Å². The maximum Gasteiger partial charge on any atom is 0.244 e. The Hall–Kier alpha value is -2.13. The largest absolute Gasteiger partial charge is 0.497 e. The van der Waals surface area contributed by atoms with Crippen LogP contribution in [0.5, 0.6) is 5.75 Å². The molecule has 2 fully saturated rings. The third-order valence-corrected chi connectivity index (χ3v) is 8.24. The van der Waals surface area contributed by atoms with Crippen molar-refractivity contribution in [1.82, 2.24) is 14.9 Å². The van der Waals surface area contributed by atoms with Gasteiger partial charge < -0.3 is 15.0 Å². The lowest BCUT2D eigenvalue weighted by molar-refractivity contribution is -0.137. The van der Waals surface area contributed by atoms with E-state index < -0.39 is 16.1 Å². The van der Waals surface area contributed by atoms with Crippen LogP contribution in [-0.2, 0) is 19.6 Å². The molecule has 1 aromatic rings. The zero-order valence-electron chi connectivity index (χ0n) is 19.7. The van der Waals surface area contributed by atoms with Crippen LogP contribution >= 0.6 is 0 Å². The molecule has 0 aromatic heterocycles. The van der Waals surface area contributed by atoms with E-state index in [4.69, 9.17) is 4.74 Å². The number of ether oxygens (including phenoxy) is 1. The van der Waals surface area contributed by atoms with Gasteiger partial charge >= 0.3 is 0 Å². The van der Waals surface area contributed by atoms with Gasteiger partial charge in [-0.25, -0.2) is 13.1 Å². The summed E-state index contributed by atoms with van der Waals surface area (Å²) in [5.74, 6) is 0.611. The van der Waals surface area contributed by atoms with Crippen molar-refractivity contribution in [2.75, 3.05) is 26.7 Å². The second kappa shape index (κ2) is 11.8. The summed E-state index contributed by atoms with van der Waals surface area (Å²) in [6.07, 6.45) is 7.32. The molecule has 1 aromatic carbocycles. The van der Waals surface area contributed by atoms with Crippen LogP contribution in [0.1, 0.15) is 58.3 Å². The van der Waals surface area contributed by atoms with Crippen molar-refractivity contribution >= 4 is 21.8 Å². The Balaban J connectivity index is 1.42. The number of benzene rings is 1. The molecule has 1 saturated heterocycles. The van der Waals surface area contributed by atoms with E-state index in [1.54, 1.807) is 19.1 Å². The smallest absolute Gasteiger partial charge is 0.244 e. The van der Waals surface area contributed by atoms with Crippen molar-refractivity contribution < 1.29 is 22.7 Å². The Morgan fingerprint density at radius 2 is 1.64 bits per heavy atom.